The fourth-order valence-electron chi connectivity index (χ4n) is 3.09. The summed E-state index contributed by atoms with van der Waals surface area (Å²) >= 11 is 0. The Kier molecular flexibility index (Phi) is 7.53. The second-order valence-electron chi connectivity index (χ2n) is 6.99. The van der Waals surface area contributed by atoms with Crippen molar-refractivity contribution in [3.63, 3.8) is 0 Å². The Bertz CT molecular complexity index is 493. The molecule has 0 saturated carbocycles. The first-order valence-corrected chi connectivity index (χ1v) is 9.04. The molecule has 1 aromatic rings. The number of hydrogen-bond acceptors (Lipinski definition) is 3. The molecule has 2 unspecified atom stereocenters. The van der Waals surface area contributed by atoms with Gasteiger partial charge in [-0.3, -0.25) is 4.90 Å². The van der Waals surface area contributed by atoms with E-state index >= 15 is 0 Å². The zero-order chi connectivity index (χ0) is 17.4. The Morgan fingerprint density at radius 2 is 2.04 bits per heavy atom. The maximum atomic E-state index is 11.9. The zero-order valence-corrected chi connectivity index (χ0v) is 14.9. The summed E-state index contributed by atoms with van der Waals surface area (Å²) in [6.07, 6.45) is 2.54. The Labute approximate surface area is 145 Å². The average Bonchev–Trinajstić information content (AvgIpc) is 3.00. The predicted molar refractivity (Wildman–Crippen MR) is 96.7 cm³/mol. The number of urea groups is 1. The van der Waals surface area contributed by atoms with Crippen molar-refractivity contribution in [3.05, 3.63) is 35.9 Å². The summed E-state index contributed by atoms with van der Waals surface area (Å²) in [7, 11) is 0. The van der Waals surface area contributed by atoms with E-state index in [-0.39, 0.29) is 18.1 Å². The maximum Gasteiger partial charge on any atom is 0.314 e. The molecule has 1 aliphatic rings. The van der Waals surface area contributed by atoms with Crippen LogP contribution in [0.15, 0.2) is 30.3 Å². The van der Waals surface area contributed by atoms with Crippen molar-refractivity contribution in [3.8, 4) is 0 Å². The van der Waals surface area contributed by atoms with E-state index in [1.54, 1.807) is 0 Å². The van der Waals surface area contributed by atoms with Crippen molar-refractivity contribution >= 4 is 6.03 Å². The number of aliphatic hydroxyl groups is 1. The first kappa shape index (κ1) is 18.7. The van der Waals surface area contributed by atoms with Crippen molar-refractivity contribution in [2.24, 2.45) is 5.92 Å². The van der Waals surface area contributed by atoms with Crippen LogP contribution in [0.2, 0.25) is 0 Å². The summed E-state index contributed by atoms with van der Waals surface area (Å²) in [5.41, 5.74) is 1.32. The van der Waals surface area contributed by atoms with Crippen molar-refractivity contribution < 1.29 is 9.90 Å². The van der Waals surface area contributed by atoms with Crippen LogP contribution in [0.3, 0.4) is 0 Å². The first-order valence-electron chi connectivity index (χ1n) is 9.04. The monoisotopic (exact) mass is 333 g/mol. The van der Waals surface area contributed by atoms with Gasteiger partial charge in [-0.25, -0.2) is 4.79 Å². The van der Waals surface area contributed by atoms with Gasteiger partial charge in [-0.1, -0.05) is 44.2 Å². The molecule has 1 saturated heterocycles. The Morgan fingerprint density at radius 1 is 1.29 bits per heavy atom. The summed E-state index contributed by atoms with van der Waals surface area (Å²) < 4.78 is 0. The lowest BCUT2D eigenvalue weighted by atomic mass is 10.0. The standard InChI is InChI=1S/C19H31N3O2/c1-15(2)18(23)10-11-20-19(24)21-13-17-9-6-12-22(17)14-16-7-4-3-5-8-16/h3-5,7-8,15,17-18,23H,6,9-14H2,1-2H3,(H2,20,21,24). The van der Waals surface area contributed by atoms with E-state index in [1.807, 2.05) is 19.9 Å². The van der Waals surface area contributed by atoms with Gasteiger partial charge in [-0.15, -0.1) is 0 Å². The van der Waals surface area contributed by atoms with Crippen molar-refractivity contribution in [2.75, 3.05) is 19.6 Å². The van der Waals surface area contributed by atoms with Gasteiger partial charge in [0.05, 0.1) is 6.10 Å². The van der Waals surface area contributed by atoms with Gasteiger partial charge in [0.25, 0.3) is 0 Å². The van der Waals surface area contributed by atoms with Gasteiger partial charge in [-0.2, -0.15) is 0 Å². The molecular formula is C19H31N3O2. The minimum atomic E-state index is -0.360. The zero-order valence-electron chi connectivity index (χ0n) is 14.9. The number of hydrogen-bond donors (Lipinski definition) is 3. The van der Waals surface area contributed by atoms with Crippen LogP contribution >= 0.6 is 0 Å². The van der Waals surface area contributed by atoms with Crippen molar-refractivity contribution in [2.45, 2.75) is 51.8 Å². The lowest BCUT2D eigenvalue weighted by Gasteiger charge is -2.25. The highest BCUT2D eigenvalue weighted by Gasteiger charge is 2.24. The molecule has 0 radical (unpaired) electrons. The van der Waals surface area contributed by atoms with Gasteiger partial charge in [0.15, 0.2) is 0 Å². The second-order valence-corrected chi connectivity index (χ2v) is 6.99. The highest BCUT2D eigenvalue weighted by Crippen LogP contribution is 2.19. The smallest absolute Gasteiger partial charge is 0.314 e. The third kappa shape index (κ3) is 6.13. The number of nitrogens with zero attached hydrogens (tertiary/aromatic N) is 1. The first-order chi connectivity index (χ1) is 11.6. The molecule has 0 aromatic heterocycles. The lowest BCUT2D eigenvalue weighted by molar-refractivity contribution is 0.116. The Hall–Kier alpha value is -1.59. The molecule has 1 heterocycles. The summed E-state index contributed by atoms with van der Waals surface area (Å²) in [5.74, 6) is 0.222. The van der Waals surface area contributed by atoms with Gasteiger partial charge >= 0.3 is 6.03 Å². The molecule has 3 N–H and O–H groups in total. The van der Waals surface area contributed by atoms with Crippen LogP contribution in [-0.2, 0) is 6.54 Å². The van der Waals surface area contributed by atoms with Crippen LogP contribution in [0, 0.1) is 5.92 Å². The topological polar surface area (TPSA) is 64.6 Å². The van der Waals surface area contributed by atoms with Crippen molar-refractivity contribution in [1.82, 2.24) is 15.5 Å². The highest BCUT2D eigenvalue weighted by atomic mass is 16.3. The van der Waals surface area contributed by atoms with Crippen LogP contribution in [-0.4, -0.2) is 47.8 Å². The SMILES string of the molecule is CC(C)C(O)CCNC(=O)NCC1CCCN1Cc1ccccc1. The molecule has 0 bridgehead atoms. The molecule has 5 heteroatoms. The Balaban J connectivity index is 1.68. The van der Waals surface area contributed by atoms with Gasteiger partial charge in [0.2, 0.25) is 0 Å². The molecule has 1 aliphatic heterocycles. The number of rotatable bonds is 8. The molecule has 0 aliphatic carbocycles. The number of carbonyl (C=O) groups excluding carboxylic acids is 1. The van der Waals surface area contributed by atoms with E-state index < -0.39 is 0 Å². The van der Waals surface area contributed by atoms with Gasteiger partial charge in [-0.05, 0) is 37.3 Å². The van der Waals surface area contributed by atoms with Gasteiger partial charge in [0.1, 0.15) is 0 Å². The van der Waals surface area contributed by atoms with Crippen molar-refractivity contribution in [1.29, 1.82) is 0 Å². The summed E-state index contributed by atoms with van der Waals surface area (Å²) in [4.78, 5) is 14.3. The molecule has 5 nitrogen and oxygen atoms in total. The van der Waals surface area contributed by atoms with E-state index in [2.05, 4.69) is 39.8 Å². The predicted octanol–water partition coefficient (Wildman–Crippen LogP) is 2.36. The molecule has 2 atom stereocenters. The van der Waals surface area contributed by atoms with Gasteiger partial charge < -0.3 is 15.7 Å². The summed E-state index contributed by atoms with van der Waals surface area (Å²) in [6, 6.07) is 10.7. The molecule has 2 rings (SSSR count). The lowest BCUT2D eigenvalue weighted by Crippen LogP contribution is -2.44. The minimum Gasteiger partial charge on any atom is -0.393 e. The maximum absolute atomic E-state index is 11.9. The molecule has 24 heavy (non-hydrogen) atoms. The molecule has 2 amide bonds. The van der Waals surface area contributed by atoms with Crippen LogP contribution < -0.4 is 10.6 Å². The highest BCUT2D eigenvalue weighted by molar-refractivity contribution is 5.73. The largest absolute Gasteiger partial charge is 0.393 e. The molecule has 1 fully saturated rings. The van der Waals surface area contributed by atoms with E-state index in [9.17, 15) is 9.90 Å². The summed E-state index contributed by atoms with van der Waals surface area (Å²) in [6.45, 7) is 7.16. The van der Waals surface area contributed by atoms with Crippen LogP contribution in [0.1, 0.15) is 38.7 Å². The fraction of sp³-hybridized carbons (Fsp3) is 0.632. The average molecular weight is 333 g/mol. The number of amides is 2. The number of benzene rings is 1. The van der Waals surface area contributed by atoms with E-state index in [4.69, 9.17) is 0 Å². The number of aliphatic hydroxyl groups excluding tert-OH is 1. The van der Waals surface area contributed by atoms with Gasteiger partial charge in [0, 0.05) is 25.7 Å². The molecule has 134 valence electrons. The van der Waals surface area contributed by atoms with Crippen LogP contribution in [0.25, 0.3) is 0 Å². The molecular weight excluding hydrogens is 302 g/mol. The Morgan fingerprint density at radius 3 is 2.75 bits per heavy atom. The van der Waals surface area contributed by atoms with Crippen LogP contribution in [0.5, 0.6) is 0 Å². The summed E-state index contributed by atoms with van der Waals surface area (Å²) in [5, 5.41) is 15.5. The van der Waals surface area contributed by atoms with E-state index in [0.717, 1.165) is 19.5 Å². The number of carbonyl (C=O) groups is 1. The minimum absolute atomic E-state index is 0.141. The number of likely N-dealkylation sites (tertiary alicyclic amines) is 1. The second kappa shape index (κ2) is 9.64. The quantitative estimate of drug-likeness (QED) is 0.684. The third-order valence-electron chi connectivity index (χ3n) is 4.72. The van der Waals surface area contributed by atoms with E-state index in [0.29, 0.717) is 25.6 Å². The molecule has 1 aromatic carbocycles. The normalized spacial score (nSPS) is 19.4. The molecule has 0 spiro atoms. The fourth-order valence-corrected chi connectivity index (χ4v) is 3.09. The van der Waals surface area contributed by atoms with E-state index in [1.165, 1.54) is 12.0 Å². The third-order valence-corrected chi connectivity index (χ3v) is 4.72. The number of nitrogens with one attached hydrogen (secondary N) is 2. The van der Waals surface area contributed by atoms with Crippen LogP contribution in [0.4, 0.5) is 4.79 Å².